The van der Waals surface area contributed by atoms with Gasteiger partial charge in [-0.05, 0) is 56.4 Å². The molecule has 188 valence electrons. The summed E-state index contributed by atoms with van der Waals surface area (Å²) in [5, 5.41) is 11.3. The smallest absolute Gasteiger partial charge is 0.295 e. The van der Waals surface area contributed by atoms with E-state index in [2.05, 4.69) is 18.7 Å². The maximum Gasteiger partial charge on any atom is 0.295 e. The molecular formula is C27H34N2O6. The second-order valence-electron chi connectivity index (χ2n) is 8.21. The molecule has 0 saturated carbocycles. The maximum absolute atomic E-state index is 13.3. The van der Waals surface area contributed by atoms with Gasteiger partial charge < -0.3 is 29.1 Å². The Morgan fingerprint density at radius 1 is 0.971 bits per heavy atom. The van der Waals surface area contributed by atoms with E-state index < -0.39 is 17.7 Å². The van der Waals surface area contributed by atoms with Gasteiger partial charge in [0, 0.05) is 17.7 Å². The molecule has 8 heteroatoms. The van der Waals surface area contributed by atoms with Gasteiger partial charge in [0.1, 0.15) is 23.0 Å². The Kier molecular flexibility index (Phi) is 8.76. The van der Waals surface area contributed by atoms with E-state index in [4.69, 9.17) is 14.2 Å². The molecule has 0 spiro atoms. The van der Waals surface area contributed by atoms with E-state index in [1.807, 2.05) is 0 Å². The Bertz CT molecular complexity index is 1090. The number of aliphatic hydroxyl groups is 1. The lowest BCUT2D eigenvalue weighted by Crippen LogP contribution is -2.33. The van der Waals surface area contributed by atoms with Crippen molar-refractivity contribution in [3.05, 3.63) is 59.2 Å². The molecule has 3 rings (SSSR count). The number of hydrogen-bond acceptors (Lipinski definition) is 7. The highest BCUT2D eigenvalue weighted by molar-refractivity contribution is 6.46. The molecule has 2 aromatic rings. The molecule has 35 heavy (non-hydrogen) atoms. The summed E-state index contributed by atoms with van der Waals surface area (Å²) in [6, 6.07) is 11.1. The highest BCUT2D eigenvalue weighted by Gasteiger charge is 2.47. The predicted octanol–water partition coefficient (Wildman–Crippen LogP) is 3.87. The topological polar surface area (TPSA) is 88.5 Å². The van der Waals surface area contributed by atoms with Gasteiger partial charge in [0.05, 0.1) is 32.9 Å². The van der Waals surface area contributed by atoms with Crippen molar-refractivity contribution in [2.24, 2.45) is 0 Å². The number of Topliss-reactive ketones (excluding diaryl/α,β-unsaturated/α-hetero) is 1. The summed E-state index contributed by atoms with van der Waals surface area (Å²) < 4.78 is 16.3. The highest BCUT2D eigenvalue weighted by Crippen LogP contribution is 2.44. The molecule has 1 saturated heterocycles. The van der Waals surface area contributed by atoms with E-state index in [9.17, 15) is 14.7 Å². The average molecular weight is 483 g/mol. The lowest BCUT2D eigenvalue weighted by molar-refractivity contribution is -0.140. The number of likely N-dealkylation sites (tertiary alicyclic amines) is 1. The summed E-state index contributed by atoms with van der Waals surface area (Å²) in [7, 11) is 4.60. The van der Waals surface area contributed by atoms with Crippen LogP contribution in [0.2, 0.25) is 0 Å². The SMILES string of the molecule is CCN(CC)CCCN1C(=O)C(=O)C(=C(O)c2cccc(OC)c2)[C@H]1c1cc(OC)ccc1OC. The zero-order valence-electron chi connectivity index (χ0n) is 21.0. The molecule has 1 amide bonds. The molecule has 1 fully saturated rings. The number of carbonyl (C=O) groups is 2. The molecule has 1 N–H and O–H groups in total. The first kappa shape index (κ1) is 26.1. The fourth-order valence-corrected chi connectivity index (χ4v) is 4.42. The number of nitrogens with zero attached hydrogens (tertiary/aromatic N) is 2. The van der Waals surface area contributed by atoms with E-state index in [-0.39, 0.29) is 11.3 Å². The van der Waals surface area contributed by atoms with Crippen molar-refractivity contribution in [2.75, 3.05) is 47.5 Å². The van der Waals surface area contributed by atoms with Gasteiger partial charge in [-0.2, -0.15) is 0 Å². The van der Waals surface area contributed by atoms with E-state index in [1.54, 1.807) is 49.6 Å². The molecule has 1 aliphatic heterocycles. The number of aliphatic hydroxyl groups excluding tert-OH is 1. The largest absolute Gasteiger partial charge is 0.507 e. The molecule has 1 heterocycles. The molecule has 0 bridgehead atoms. The van der Waals surface area contributed by atoms with Crippen LogP contribution in [0.1, 0.15) is 37.4 Å². The molecule has 8 nitrogen and oxygen atoms in total. The summed E-state index contributed by atoms with van der Waals surface area (Å²) in [5.41, 5.74) is 0.966. The Morgan fingerprint density at radius 3 is 2.29 bits per heavy atom. The summed E-state index contributed by atoms with van der Waals surface area (Å²) in [6.45, 7) is 7.11. The highest BCUT2D eigenvalue weighted by atomic mass is 16.5. The average Bonchev–Trinajstić information content (AvgIpc) is 3.15. The lowest BCUT2D eigenvalue weighted by atomic mass is 9.94. The molecule has 1 aliphatic rings. The van der Waals surface area contributed by atoms with Crippen molar-refractivity contribution >= 4 is 17.4 Å². The Morgan fingerprint density at radius 2 is 1.66 bits per heavy atom. The van der Waals surface area contributed by atoms with Crippen LogP contribution >= 0.6 is 0 Å². The summed E-state index contributed by atoms with van der Waals surface area (Å²) in [4.78, 5) is 30.3. The van der Waals surface area contributed by atoms with Gasteiger partial charge in [-0.25, -0.2) is 0 Å². The van der Waals surface area contributed by atoms with Crippen LogP contribution in [0.3, 0.4) is 0 Å². The minimum absolute atomic E-state index is 0.0117. The molecule has 2 aromatic carbocycles. The van der Waals surface area contributed by atoms with Gasteiger partial charge in [0.2, 0.25) is 0 Å². The van der Waals surface area contributed by atoms with Crippen molar-refractivity contribution in [3.8, 4) is 17.2 Å². The third kappa shape index (κ3) is 5.43. The third-order valence-electron chi connectivity index (χ3n) is 6.38. The zero-order chi connectivity index (χ0) is 25.5. The van der Waals surface area contributed by atoms with Crippen LogP contribution < -0.4 is 14.2 Å². The minimum Gasteiger partial charge on any atom is -0.507 e. The zero-order valence-corrected chi connectivity index (χ0v) is 21.0. The second-order valence-corrected chi connectivity index (χ2v) is 8.21. The number of methoxy groups -OCH3 is 3. The standard InChI is InChI=1S/C27H34N2O6/c1-6-28(7-2)14-9-15-29-24(21-17-20(34-4)12-13-22(21)35-5)23(26(31)27(29)32)25(30)18-10-8-11-19(16-18)33-3/h8,10-13,16-17,24,30H,6-7,9,14-15H2,1-5H3/t24-/m1/s1. The fraction of sp³-hybridized carbons (Fsp3) is 0.407. The first-order chi connectivity index (χ1) is 16.9. The van der Waals surface area contributed by atoms with E-state index in [1.165, 1.54) is 19.1 Å². The predicted molar refractivity (Wildman–Crippen MR) is 134 cm³/mol. The van der Waals surface area contributed by atoms with Crippen molar-refractivity contribution in [1.82, 2.24) is 9.80 Å². The number of rotatable bonds is 11. The molecule has 0 aromatic heterocycles. The third-order valence-corrected chi connectivity index (χ3v) is 6.38. The van der Waals surface area contributed by atoms with Crippen LogP contribution in [0, 0.1) is 0 Å². The van der Waals surface area contributed by atoms with Crippen LogP contribution in [0.15, 0.2) is 48.0 Å². The van der Waals surface area contributed by atoms with Crippen molar-refractivity contribution in [2.45, 2.75) is 26.3 Å². The Balaban J connectivity index is 2.14. The van der Waals surface area contributed by atoms with Gasteiger partial charge in [-0.1, -0.05) is 26.0 Å². The number of carbonyl (C=O) groups excluding carboxylic acids is 2. The summed E-state index contributed by atoms with van der Waals surface area (Å²) >= 11 is 0. The number of ketones is 1. The van der Waals surface area contributed by atoms with Crippen LogP contribution in [0.4, 0.5) is 0 Å². The molecule has 1 atom stereocenters. The number of hydrogen-bond donors (Lipinski definition) is 1. The number of benzene rings is 2. The number of amides is 1. The van der Waals surface area contributed by atoms with Crippen LogP contribution in [0.5, 0.6) is 17.2 Å². The molecular weight excluding hydrogens is 448 g/mol. The van der Waals surface area contributed by atoms with E-state index >= 15 is 0 Å². The molecule has 0 unspecified atom stereocenters. The summed E-state index contributed by atoms with van der Waals surface area (Å²) in [6.07, 6.45) is 0.677. The number of ether oxygens (including phenoxy) is 3. The summed E-state index contributed by atoms with van der Waals surface area (Å²) in [5.74, 6) is -0.0767. The van der Waals surface area contributed by atoms with Crippen LogP contribution in [0.25, 0.3) is 5.76 Å². The van der Waals surface area contributed by atoms with E-state index in [0.29, 0.717) is 41.3 Å². The van der Waals surface area contributed by atoms with Crippen molar-refractivity contribution < 1.29 is 28.9 Å². The first-order valence-electron chi connectivity index (χ1n) is 11.8. The fourth-order valence-electron chi connectivity index (χ4n) is 4.42. The normalized spacial score (nSPS) is 17.2. The maximum atomic E-state index is 13.3. The van der Waals surface area contributed by atoms with Gasteiger partial charge in [0.25, 0.3) is 11.7 Å². The van der Waals surface area contributed by atoms with Gasteiger partial charge in [0.15, 0.2) is 0 Å². The van der Waals surface area contributed by atoms with Crippen molar-refractivity contribution in [3.63, 3.8) is 0 Å². The van der Waals surface area contributed by atoms with Gasteiger partial charge in [-0.3, -0.25) is 9.59 Å². The monoisotopic (exact) mass is 482 g/mol. The van der Waals surface area contributed by atoms with E-state index in [0.717, 1.165) is 19.6 Å². The van der Waals surface area contributed by atoms with Gasteiger partial charge >= 0.3 is 0 Å². The van der Waals surface area contributed by atoms with Crippen molar-refractivity contribution in [1.29, 1.82) is 0 Å². The quantitative estimate of drug-likeness (QED) is 0.296. The lowest BCUT2D eigenvalue weighted by Gasteiger charge is -2.28. The molecule has 0 aliphatic carbocycles. The van der Waals surface area contributed by atoms with Crippen LogP contribution in [-0.2, 0) is 9.59 Å². The first-order valence-corrected chi connectivity index (χ1v) is 11.8. The molecule has 0 radical (unpaired) electrons. The van der Waals surface area contributed by atoms with Crippen LogP contribution in [-0.4, -0.2) is 74.1 Å². The van der Waals surface area contributed by atoms with Gasteiger partial charge in [-0.15, -0.1) is 0 Å². The Hall–Kier alpha value is -3.52. The Labute approximate surface area is 206 Å². The second kappa shape index (κ2) is 11.8. The minimum atomic E-state index is -0.831.